The highest BCUT2D eigenvalue weighted by atomic mass is 15.3. The highest BCUT2D eigenvalue weighted by Crippen LogP contribution is 2.25. The molecular formula is C22H32N4. The van der Waals surface area contributed by atoms with Crippen LogP contribution in [0.3, 0.4) is 0 Å². The van der Waals surface area contributed by atoms with Crippen molar-refractivity contribution in [3.05, 3.63) is 54.4 Å². The first-order valence-corrected chi connectivity index (χ1v) is 10.3. The fraction of sp³-hybridized carbons (Fsp3) is 0.591. The molecule has 4 nitrogen and oxygen atoms in total. The molecule has 4 rings (SSSR count). The van der Waals surface area contributed by atoms with Crippen molar-refractivity contribution in [3.8, 4) is 0 Å². The number of benzene rings is 1. The van der Waals surface area contributed by atoms with Crippen LogP contribution in [-0.2, 0) is 13.1 Å². The van der Waals surface area contributed by atoms with Gasteiger partial charge in [0, 0.05) is 38.6 Å². The molecule has 0 radical (unpaired) electrons. The van der Waals surface area contributed by atoms with Gasteiger partial charge < -0.3 is 4.90 Å². The molecule has 26 heavy (non-hydrogen) atoms. The lowest BCUT2D eigenvalue weighted by molar-refractivity contribution is 0.153. The van der Waals surface area contributed by atoms with E-state index in [1.165, 1.54) is 64.0 Å². The van der Waals surface area contributed by atoms with Crippen molar-refractivity contribution in [1.29, 1.82) is 0 Å². The number of nitrogens with zero attached hydrogens (tertiary/aromatic N) is 4. The van der Waals surface area contributed by atoms with E-state index >= 15 is 0 Å². The molecule has 1 aromatic carbocycles. The molecule has 1 unspecified atom stereocenters. The molecule has 2 aromatic rings. The van der Waals surface area contributed by atoms with E-state index in [9.17, 15) is 0 Å². The molecule has 1 aromatic heterocycles. The Morgan fingerprint density at radius 3 is 2.42 bits per heavy atom. The molecule has 1 atom stereocenters. The van der Waals surface area contributed by atoms with Crippen LogP contribution in [0.1, 0.15) is 31.2 Å². The normalized spacial score (nSPS) is 22.8. The van der Waals surface area contributed by atoms with Gasteiger partial charge in [-0.1, -0.05) is 30.3 Å². The summed E-state index contributed by atoms with van der Waals surface area (Å²) in [6.45, 7) is 8.62. The number of hydrogen-bond donors (Lipinski definition) is 0. The van der Waals surface area contributed by atoms with Crippen LogP contribution in [0.2, 0.25) is 0 Å². The van der Waals surface area contributed by atoms with Gasteiger partial charge in [0.1, 0.15) is 0 Å². The summed E-state index contributed by atoms with van der Waals surface area (Å²) < 4.78 is 2.08. The van der Waals surface area contributed by atoms with Crippen molar-refractivity contribution in [1.82, 2.24) is 19.6 Å². The fourth-order valence-corrected chi connectivity index (χ4v) is 4.62. The monoisotopic (exact) mass is 352 g/mol. The SMILES string of the molecule is c1ccc(CN2CCC(CN3CCC(CCn4cccn4)CC3)C2)cc1. The lowest BCUT2D eigenvalue weighted by atomic mass is 9.93. The third-order valence-electron chi connectivity index (χ3n) is 6.17. The lowest BCUT2D eigenvalue weighted by Gasteiger charge is -2.33. The van der Waals surface area contributed by atoms with E-state index in [0.717, 1.165) is 24.9 Å². The van der Waals surface area contributed by atoms with Gasteiger partial charge in [-0.3, -0.25) is 9.58 Å². The summed E-state index contributed by atoms with van der Waals surface area (Å²) in [7, 11) is 0. The molecule has 2 saturated heterocycles. The molecule has 0 saturated carbocycles. The largest absolute Gasteiger partial charge is 0.303 e. The van der Waals surface area contributed by atoms with E-state index in [2.05, 4.69) is 56.1 Å². The predicted molar refractivity (Wildman–Crippen MR) is 106 cm³/mol. The van der Waals surface area contributed by atoms with Gasteiger partial charge in [-0.2, -0.15) is 5.10 Å². The molecule has 4 heteroatoms. The van der Waals surface area contributed by atoms with E-state index in [-0.39, 0.29) is 0 Å². The Balaban J connectivity index is 1.15. The maximum Gasteiger partial charge on any atom is 0.0489 e. The zero-order chi connectivity index (χ0) is 17.6. The van der Waals surface area contributed by atoms with Crippen molar-refractivity contribution in [2.24, 2.45) is 11.8 Å². The summed E-state index contributed by atoms with van der Waals surface area (Å²) in [5, 5.41) is 4.32. The highest BCUT2D eigenvalue weighted by Gasteiger charge is 2.26. The summed E-state index contributed by atoms with van der Waals surface area (Å²) in [5.41, 5.74) is 1.45. The molecule has 2 aliphatic rings. The quantitative estimate of drug-likeness (QED) is 0.762. The van der Waals surface area contributed by atoms with E-state index in [1.807, 2.05) is 12.3 Å². The van der Waals surface area contributed by atoms with Crippen molar-refractivity contribution in [3.63, 3.8) is 0 Å². The first kappa shape index (κ1) is 17.7. The van der Waals surface area contributed by atoms with Crippen molar-refractivity contribution < 1.29 is 0 Å². The minimum atomic E-state index is 0.860. The molecule has 0 spiro atoms. The van der Waals surface area contributed by atoms with Gasteiger partial charge >= 0.3 is 0 Å². The average molecular weight is 353 g/mol. The number of aromatic nitrogens is 2. The van der Waals surface area contributed by atoms with Crippen LogP contribution >= 0.6 is 0 Å². The Morgan fingerprint density at radius 1 is 0.885 bits per heavy atom. The fourth-order valence-electron chi connectivity index (χ4n) is 4.62. The van der Waals surface area contributed by atoms with Gasteiger partial charge in [-0.25, -0.2) is 0 Å². The number of rotatable bonds is 7. The Bertz CT molecular complexity index is 631. The second-order valence-corrected chi connectivity index (χ2v) is 8.18. The summed E-state index contributed by atoms with van der Waals surface area (Å²) in [4.78, 5) is 5.36. The molecule has 0 N–H and O–H groups in total. The van der Waals surface area contributed by atoms with E-state index in [4.69, 9.17) is 0 Å². The molecule has 2 fully saturated rings. The first-order chi connectivity index (χ1) is 12.8. The smallest absolute Gasteiger partial charge is 0.0489 e. The molecule has 0 bridgehead atoms. The standard InChI is InChI=1S/C22H32N4/c1-2-5-21(6-3-1)17-25-15-9-22(19-25)18-24-13-7-20(8-14-24)10-16-26-12-4-11-23-26/h1-6,11-12,20,22H,7-10,13-19H2. The van der Waals surface area contributed by atoms with Gasteiger partial charge in [0.25, 0.3) is 0 Å². The average Bonchev–Trinajstić information content (AvgIpc) is 3.34. The summed E-state index contributed by atoms with van der Waals surface area (Å²) in [6.07, 6.45) is 9.33. The van der Waals surface area contributed by atoms with Gasteiger partial charge in [0.05, 0.1) is 0 Å². The highest BCUT2D eigenvalue weighted by molar-refractivity contribution is 5.14. The van der Waals surface area contributed by atoms with Crippen LogP contribution in [-0.4, -0.2) is 52.3 Å². The predicted octanol–water partition coefficient (Wildman–Crippen LogP) is 3.51. The molecular weight excluding hydrogens is 320 g/mol. The van der Waals surface area contributed by atoms with Crippen molar-refractivity contribution in [2.45, 2.75) is 38.8 Å². The van der Waals surface area contributed by atoms with Gasteiger partial charge in [0.15, 0.2) is 0 Å². The zero-order valence-electron chi connectivity index (χ0n) is 15.8. The van der Waals surface area contributed by atoms with Crippen LogP contribution in [0.25, 0.3) is 0 Å². The lowest BCUT2D eigenvalue weighted by Crippen LogP contribution is -2.38. The van der Waals surface area contributed by atoms with Crippen LogP contribution in [0.15, 0.2) is 48.8 Å². The molecule has 3 heterocycles. The van der Waals surface area contributed by atoms with Crippen LogP contribution in [0.4, 0.5) is 0 Å². The third kappa shape index (κ3) is 4.95. The third-order valence-corrected chi connectivity index (χ3v) is 6.17. The Morgan fingerprint density at radius 2 is 1.65 bits per heavy atom. The van der Waals surface area contributed by atoms with Crippen molar-refractivity contribution in [2.75, 3.05) is 32.7 Å². The Hall–Kier alpha value is -1.65. The minimum Gasteiger partial charge on any atom is -0.303 e. The molecule has 0 amide bonds. The van der Waals surface area contributed by atoms with E-state index < -0.39 is 0 Å². The number of piperidine rings is 1. The van der Waals surface area contributed by atoms with Crippen LogP contribution in [0, 0.1) is 11.8 Å². The maximum atomic E-state index is 4.32. The summed E-state index contributed by atoms with van der Waals surface area (Å²) in [6, 6.07) is 12.9. The summed E-state index contributed by atoms with van der Waals surface area (Å²) >= 11 is 0. The topological polar surface area (TPSA) is 24.3 Å². The number of aryl methyl sites for hydroxylation is 1. The van der Waals surface area contributed by atoms with Gasteiger partial charge in [-0.05, 0) is 68.8 Å². The van der Waals surface area contributed by atoms with Crippen molar-refractivity contribution >= 4 is 0 Å². The first-order valence-electron chi connectivity index (χ1n) is 10.3. The second kappa shape index (κ2) is 8.83. The minimum absolute atomic E-state index is 0.860. The van der Waals surface area contributed by atoms with E-state index in [0.29, 0.717) is 0 Å². The number of likely N-dealkylation sites (tertiary alicyclic amines) is 2. The maximum absolute atomic E-state index is 4.32. The van der Waals surface area contributed by atoms with E-state index in [1.54, 1.807) is 0 Å². The Kier molecular flexibility index (Phi) is 6.03. The van der Waals surface area contributed by atoms with Crippen LogP contribution < -0.4 is 0 Å². The van der Waals surface area contributed by atoms with Gasteiger partial charge in [-0.15, -0.1) is 0 Å². The van der Waals surface area contributed by atoms with Crippen LogP contribution in [0.5, 0.6) is 0 Å². The molecule has 0 aliphatic carbocycles. The number of hydrogen-bond acceptors (Lipinski definition) is 3. The second-order valence-electron chi connectivity index (χ2n) is 8.18. The van der Waals surface area contributed by atoms with Gasteiger partial charge in [0.2, 0.25) is 0 Å². The Labute approximate surface area is 157 Å². The zero-order valence-corrected chi connectivity index (χ0v) is 15.8. The summed E-state index contributed by atoms with van der Waals surface area (Å²) in [5.74, 6) is 1.74. The molecule has 140 valence electrons. The molecule has 2 aliphatic heterocycles.